The molecule has 0 atom stereocenters. The fourth-order valence-corrected chi connectivity index (χ4v) is 2.20. The Kier molecular flexibility index (Phi) is 4.10. The summed E-state index contributed by atoms with van der Waals surface area (Å²) in [6, 6.07) is 2.87. The first-order chi connectivity index (χ1) is 9.56. The number of hydrogen-bond acceptors (Lipinski definition) is 2. The van der Waals surface area contributed by atoms with Gasteiger partial charge in [0.1, 0.15) is 0 Å². The van der Waals surface area contributed by atoms with Crippen molar-refractivity contribution in [3.63, 3.8) is 0 Å². The highest BCUT2D eigenvalue weighted by atomic mass is 19.4. The molecule has 0 spiro atoms. The number of nitrogen functional groups attached to an aromatic ring is 1. The largest absolute Gasteiger partial charge is 0.416 e. The minimum absolute atomic E-state index is 0.0696. The van der Waals surface area contributed by atoms with Crippen molar-refractivity contribution in [2.24, 2.45) is 0 Å². The number of nitrogens with two attached hydrogens (primary N) is 1. The van der Waals surface area contributed by atoms with Gasteiger partial charge >= 0.3 is 12.4 Å². The van der Waals surface area contributed by atoms with Crippen molar-refractivity contribution in [1.82, 2.24) is 4.90 Å². The Labute approximate surface area is 117 Å². The van der Waals surface area contributed by atoms with E-state index in [1.165, 1.54) is 6.07 Å². The molecule has 118 valence electrons. The molecule has 0 bridgehead atoms. The van der Waals surface area contributed by atoms with Gasteiger partial charge in [0.05, 0.1) is 12.1 Å². The summed E-state index contributed by atoms with van der Waals surface area (Å²) in [5.74, 6) is 0. The molecule has 1 aromatic carbocycles. The van der Waals surface area contributed by atoms with Crippen LogP contribution in [0.2, 0.25) is 0 Å². The molecular weight excluding hydrogens is 298 g/mol. The average molecular weight is 312 g/mol. The second-order valence-electron chi connectivity index (χ2n) is 5.17. The Morgan fingerprint density at radius 1 is 1.10 bits per heavy atom. The number of hydrogen-bond donors (Lipinski definition) is 1. The Morgan fingerprint density at radius 3 is 2.19 bits per heavy atom. The lowest BCUT2D eigenvalue weighted by molar-refractivity contribution is -0.149. The molecule has 0 radical (unpaired) electrons. The van der Waals surface area contributed by atoms with E-state index in [1.54, 1.807) is 0 Å². The van der Waals surface area contributed by atoms with Gasteiger partial charge < -0.3 is 5.73 Å². The quantitative estimate of drug-likeness (QED) is 0.676. The van der Waals surface area contributed by atoms with E-state index >= 15 is 0 Å². The van der Waals surface area contributed by atoms with E-state index in [2.05, 4.69) is 0 Å². The molecule has 1 saturated carbocycles. The molecule has 0 aliphatic heterocycles. The van der Waals surface area contributed by atoms with Crippen LogP contribution in [0.4, 0.5) is 32.0 Å². The fraction of sp³-hybridized carbons (Fsp3) is 0.538. The minimum atomic E-state index is -4.64. The van der Waals surface area contributed by atoms with Gasteiger partial charge in [0, 0.05) is 18.3 Å². The van der Waals surface area contributed by atoms with Gasteiger partial charge in [0.15, 0.2) is 0 Å². The van der Waals surface area contributed by atoms with E-state index in [-0.39, 0.29) is 23.8 Å². The molecule has 0 amide bonds. The molecule has 2 rings (SSSR count). The van der Waals surface area contributed by atoms with Crippen LogP contribution in [0.5, 0.6) is 0 Å². The van der Waals surface area contributed by atoms with Crippen LogP contribution in [0, 0.1) is 0 Å². The topological polar surface area (TPSA) is 29.3 Å². The summed E-state index contributed by atoms with van der Waals surface area (Å²) in [6.07, 6.45) is -7.92. The number of halogens is 6. The molecule has 1 aliphatic carbocycles. The number of nitrogens with zero attached hydrogens (tertiary/aromatic N) is 1. The van der Waals surface area contributed by atoms with Crippen molar-refractivity contribution >= 4 is 5.69 Å². The van der Waals surface area contributed by atoms with Gasteiger partial charge in [-0.15, -0.1) is 0 Å². The maximum absolute atomic E-state index is 12.9. The normalized spacial score (nSPS) is 16.5. The van der Waals surface area contributed by atoms with Crippen LogP contribution < -0.4 is 5.73 Å². The number of anilines is 1. The maximum atomic E-state index is 12.9. The number of rotatable bonds is 4. The first-order valence-corrected chi connectivity index (χ1v) is 6.32. The van der Waals surface area contributed by atoms with Crippen LogP contribution in [0.3, 0.4) is 0 Å². The standard InChI is InChI=1S/C13H14F6N2/c14-12(15,16)7-21(10-3-4-10)6-8-1-2-9(20)5-11(8)13(17,18)19/h1-2,5,10H,3-4,6-7,20H2. The Hall–Kier alpha value is -1.44. The van der Waals surface area contributed by atoms with E-state index in [9.17, 15) is 26.3 Å². The summed E-state index contributed by atoms with van der Waals surface area (Å²) in [4.78, 5) is 1.04. The van der Waals surface area contributed by atoms with Crippen molar-refractivity contribution in [2.75, 3.05) is 12.3 Å². The van der Waals surface area contributed by atoms with Crippen LogP contribution in [0.25, 0.3) is 0 Å². The van der Waals surface area contributed by atoms with Crippen LogP contribution in [-0.2, 0) is 12.7 Å². The molecule has 0 unspecified atom stereocenters. The molecule has 1 fully saturated rings. The van der Waals surface area contributed by atoms with Gasteiger partial charge in [-0.05, 0) is 30.5 Å². The highest BCUT2D eigenvalue weighted by molar-refractivity contribution is 5.46. The van der Waals surface area contributed by atoms with Gasteiger partial charge in [0.25, 0.3) is 0 Å². The Bertz CT molecular complexity index is 504. The van der Waals surface area contributed by atoms with E-state index in [1.807, 2.05) is 0 Å². The monoisotopic (exact) mass is 312 g/mol. The van der Waals surface area contributed by atoms with Crippen molar-refractivity contribution < 1.29 is 26.3 Å². The van der Waals surface area contributed by atoms with Gasteiger partial charge in [-0.2, -0.15) is 26.3 Å². The Balaban J connectivity index is 2.24. The number of benzene rings is 1. The van der Waals surface area contributed by atoms with Gasteiger partial charge in [-0.3, -0.25) is 4.90 Å². The zero-order valence-corrected chi connectivity index (χ0v) is 10.9. The second-order valence-corrected chi connectivity index (χ2v) is 5.17. The predicted molar refractivity (Wildman–Crippen MR) is 65.3 cm³/mol. The minimum Gasteiger partial charge on any atom is -0.399 e. The SMILES string of the molecule is Nc1ccc(CN(CC(F)(F)F)C2CC2)c(C(F)(F)F)c1. The Morgan fingerprint density at radius 2 is 1.71 bits per heavy atom. The average Bonchev–Trinajstić information content (AvgIpc) is 3.11. The highest BCUT2D eigenvalue weighted by Crippen LogP contribution is 2.36. The first kappa shape index (κ1) is 15.9. The summed E-state index contributed by atoms with van der Waals surface area (Å²) < 4.78 is 76.3. The molecule has 1 aromatic rings. The summed E-state index contributed by atoms with van der Waals surface area (Å²) in [7, 11) is 0. The van der Waals surface area contributed by atoms with E-state index in [0.29, 0.717) is 12.8 Å². The fourth-order valence-electron chi connectivity index (χ4n) is 2.20. The summed E-state index contributed by atoms with van der Waals surface area (Å²) >= 11 is 0. The number of alkyl halides is 6. The lowest BCUT2D eigenvalue weighted by atomic mass is 10.1. The molecule has 0 aromatic heterocycles. The molecule has 1 aliphatic rings. The van der Waals surface area contributed by atoms with Gasteiger partial charge in [-0.25, -0.2) is 0 Å². The van der Waals surface area contributed by atoms with Gasteiger partial charge in [0.2, 0.25) is 0 Å². The van der Waals surface area contributed by atoms with Crippen LogP contribution in [0.15, 0.2) is 18.2 Å². The lowest BCUT2D eigenvalue weighted by Gasteiger charge is -2.25. The van der Waals surface area contributed by atoms with Crippen molar-refractivity contribution in [3.8, 4) is 0 Å². The smallest absolute Gasteiger partial charge is 0.399 e. The lowest BCUT2D eigenvalue weighted by Crippen LogP contribution is -2.36. The highest BCUT2D eigenvalue weighted by Gasteiger charge is 2.40. The summed E-state index contributed by atoms with van der Waals surface area (Å²) in [5.41, 5.74) is 4.10. The van der Waals surface area contributed by atoms with E-state index in [0.717, 1.165) is 17.0 Å². The van der Waals surface area contributed by atoms with Crippen molar-refractivity contribution in [1.29, 1.82) is 0 Å². The van der Waals surface area contributed by atoms with Gasteiger partial charge in [-0.1, -0.05) is 6.07 Å². The van der Waals surface area contributed by atoms with Crippen LogP contribution in [0.1, 0.15) is 24.0 Å². The predicted octanol–water partition coefficient (Wildman–Crippen LogP) is 3.81. The third-order valence-electron chi connectivity index (χ3n) is 3.26. The third kappa shape index (κ3) is 4.52. The third-order valence-corrected chi connectivity index (χ3v) is 3.26. The molecule has 8 heteroatoms. The van der Waals surface area contributed by atoms with Crippen molar-refractivity contribution in [3.05, 3.63) is 29.3 Å². The van der Waals surface area contributed by atoms with Crippen LogP contribution >= 0.6 is 0 Å². The molecule has 21 heavy (non-hydrogen) atoms. The summed E-state index contributed by atoms with van der Waals surface area (Å²) in [6.45, 7) is -1.60. The molecular formula is C13H14F6N2. The summed E-state index contributed by atoms with van der Waals surface area (Å²) in [5, 5.41) is 0. The maximum Gasteiger partial charge on any atom is 0.416 e. The van der Waals surface area contributed by atoms with E-state index in [4.69, 9.17) is 5.73 Å². The zero-order chi connectivity index (χ0) is 15.8. The molecule has 0 heterocycles. The molecule has 2 N–H and O–H groups in total. The van der Waals surface area contributed by atoms with E-state index < -0.39 is 24.5 Å². The molecule has 2 nitrogen and oxygen atoms in total. The first-order valence-electron chi connectivity index (χ1n) is 6.32. The van der Waals surface area contributed by atoms with Crippen LogP contribution in [-0.4, -0.2) is 23.7 Å². The zero-order valence-electron chi connectivity index (χ0n) is 10.9. The molecule has 0 saturated heterocycles. The second kappa shape index (κ2) is 5.40. The van der Waals surface area contributed by atoms with Crippen molar-refractivity contribution in [2.45, 2.75) is 37.8 Å².